The number of aliphatic imine (C=N–C) groups is 1. The average molecular weight is 310 g/mol. The van der Waals surface area contributed by atoms with E-state index >= 15 is 0 Å². The average Bonchev–Trinajstić information content (AvgIpc) is 3.01. The van der Waals surface area contributed by atoms with Gasteiger partial charge in [-0.15, -0.1) is 0 Å². The number of allylic oxidation sites excluding steroid dienone is 2. The molecule has 1 heterocycles. The highest BCUT2D eigenvalue weighted by molar-refractivity contribution is 6.14. The van der Waals surface area contributed by atoms with Gasteiger partial charge in [0.25, 0.3) is 0 Å². The fourth-order valence-corrected chi connectivity index (χ4v) is 2.46. The molecule has 1 aromatic carbocycles. The van der Waals surface area contributed by atoms with E-state index in [4.69, 9.17) is 5.73 Å². The van der Waals surface area contributed by atoms with Crippen molar-refractivity contribution in [2.45, 2.75) is 20.3 Å². The third-order valence-corrected chi connectivity index (χ3v) is 3.87. The van der Waals surface area contributed by atoms with Crippen LogP contribution in [0.3, 0.4) is 0 Å². The monoisotopic (exact) mass is 310 g/mol. The molecular formula is C18H22N4O. The lowest BCUT2D eigenvalue weighted by Crippen LogP contribution is -2.17. The maximum Gasteiger partial charge on any atom is 0.208 e. The summed E-state index contributed by atoms with van der Waals surface area (Å²) in [5, 5.41) is 4.15. The number of carbonyl (C=O) groups excluding carboxylic acids is 1. The van der Waals surface area contributed by atoms with Gasteiger partial charge >= 0.3 is 0 Å². The molecule has 0 fully saturated rings. The van der Waals surface area contributed by atoms with Crippen LogP contribution in [0.4, 0.5) is 0 Å². The quantitative estimate of drug-likeness (QED) is 0.524. The van der Waals surface area contributed by atoms with Crippen molar-refractivity contribution in [2.75, 3.05) is 7.05 Å². The summed E-state index contributed by atoms with van der Waals surface area (Å²) in [6, 6.07) is 7.39. The molecule has 0 aliphatic rings. The van der Waals surface area contributed by atoms with Crippen LogP contribution in [-0.2, 0) is 7.05 Å². The topological polar surface area (TPSA) is 73.3 Å². The number of aryl methyl sites for hydroxylation is 1. The molecular weight excluding hydrogens is 288 g/mol. The number of carbonyl (C=O) groups is 1. The van der Waals surface area contributed by atoms with Crippen LogP contribution in [-0.4, -0.2) is 28.3 Å². The number of hydrogen-bond acceptors (Lipinski definition) is 4. The lowest BCUT2D eigenvalue weighted by atomic mass is 9.99. The smallest absolute Gasteiger partial charge is 0.208 e. The van der Waals surface area contributed by atoms with Crippen molar-refractivity contribution in [3.05, 3.63) is 53.5 Å². The van der Waals surface area contributed by atoms with E-state index in [1.165, 1.54) is 0 Å². The predicted molar refractivity (Wildman–Crippen MR) is 93.5 cm³/mol. The summed E-state index contributed by atoms with van der Waals surface area (Å²) in [7, 11) is 3.58. The van der Waals surface area contributed by atoms with Crippen LogP contribution in [0.5, 0.6) is 0 Å². The first-order valence-corrected chi connectivity index (χ1v) is 7.54. The van der Waals surface area contributed by atoms with E-state index < -0.39 is 0 Å². The second-order valence-corrected chi connectivity index (χ2v) is 5.37. The zero-order chi connectivity index (χ0) is 17.0. The number of rotatable bonds is 5. The van der Waals surface area contributed by atoms with Crippen molar-refractivity contribution in [1.82, 2.24) is 9.78 Å². The van der Waals surface area contributed by atoms with E-state index in [0.29, 0.717) is 5.56 Å². The minimum atomic E-state index is -0.171. The van der Waals surface area contributed by atoms with Crippen LogP contribution in [0.15, 0.2) is 52.9 Å². The largest absolute Gasteiger partial charge is 0.395 e. The van der Waals surface area contributed by atoms with Crippen LogP contribution in [0.2, 0.25) is 0 Å². The number of benzene rings is 1. The Bertz CT molecular complexity index is 767. The molecule has 0 aliphatic carbocycles. The van der Waals surface area contributed by atoms with Gasteiger partial charge < -0.3 is 5.73 Å². The third kappa shape index (κ3) is 3.56. The van der Waals surface area contributed by atoms with Gasteiger partial charge in [-0.1, -0.05) is 31.2 Å². The van der Waals surface area contributed by atoms with E-state index in [0.717, 1.165) is 28.8 Å². The SMILES string of the molecule is CCC(=NC)C(C)=C(N)C(=O)c1ccc(-c2cnn(C)c2)cc1. The zero-order valence-electron chi connectivity index (χ0n) is 14.0. The Morgan fingerprint density at radius 2 is 1.91 bits per heavy atom. The molecule has 0 spiro atoms. The van der Waals surface area contributed by atoms with Crippen molar-refractivity contribution >= 4 is 11.5 Å². The summed E-state index contributed by atoms with van der Waals surface area (Å²) in [6.45, 7) is 3.83. The fraction of sp³-hybridized carbons (Fsp3) is 0.278. The van der Waals surface area contributed by atoms with Crippen LogP contribution < -0.4 is 5.73 Å². The highest BCUT2D eigenvalue weighted by Crippen LogP contribution is 2.20. The number of ketones is 1. The first-order chi connectivity index (χ1) is 11.0. The molecule has 23 heavy (non-hydrogen) atoms. The second kappa shape index (κ2) is 7.05. The van der Waals surface area contributed by atoms with Gasteiger partial charge in [-0.25, -0.2) is 0 Å². The first-order valence-electron chi connectivity index (χ1n) is 7.54. The van der Waals surface area contributed by atoms with Crippen LogP contribution in [0, 0.1) is 0 Å². The lowest BCUT2D eigenvalue weighted by molar-refractivity contribution is 0.103. The molecule has 2 rings (SSSR count). The Balaban J connectivity index is 2.28. The van der Waals surface area contributed by atoms with Gasteiger partial charge in [-0.2, -0.15) is 5.10 Å². The number of nitrogens with two attached hydrogens (primary N) is 1. The second-order valence-electron chi connectivity index (χ2n) is 5.37. The molecule has 5 heteroatoms. The summed E-state index contributed by atoms with van der Waals surface area (Å²) < 4.78 is 1.74. The summed E-state index contributed by atoms with van der Waals surface area (Å²) >= 11 is 0. The van der Waals surface area contributed by atoms with Crippen LogP contribution in [0.1, 0.15) is 30.6 Å². The minimum absolute atomic E-state index is 0.171. The molecule has 0 bridgehead atoms. The van der Waals surface area contributed by atoms with Gasteiger partial charge in [0.05, 0.1) is 11.9 Å². The van der Waals surface area contributed by atoms with Crippen LogP contribution >= 0.6 is 0 Å². The van der Waals surface area contributed by atoms with Gasteiger partial charge in [0.2, 0.25) is 5.78 Å². The summed E-state index contributed by atoms with van der Waals surface area (Å²) in [6.07, 6.45) is 4.47. The van der Waals surface area contributed by atoms with Gasteiger partial charge in [-0.3, -0.25) is 14.5 Å². The number of aromatic nitrogens is 2. The van der Waals surface area contributed by atoms with Crippen molar-refractivity contribution in [2.24, 2.45) is 17.8 Å². The Labute approximate surface area is 136 Å². The maximum atomic E-state index is 12.5. The molecule has 0 amide bonds. The number of Topliss-reactive ketones (excluding diaryl/α,β-unsaturated/α-hetero) is 1. The van der Waals surface area contributed by atoms with Crippen molar-refractivity contribution in [3.63, 3.8) is 0 Å². The summed E-state index contributed by atoms with van der Waals surface area (Å²) in [5.41, 5.74) is 10.5. The van der Waals surface area contributed by atoms with E-state index in [2.05, 4.69) is 10.1 Å². The Morgan fingerprint density at radius 1 is 1.26 bits per heavy atom. The van der Waals surface area contributed by atoms with Crippen molar-refractivity contribution in [1.29, 1.82) is 0 Å². The zero-order valence-corrected chi connectivity index (χ0v) is 14.0. The Morgan fingerprint density at radius 3 is 2.39 bits per heavy atom. The normalized spacial score (nSPS) is 13.0. The maximum absolute atomic E-state index is 12.5. The molecule has 2 N–H and O–H groups in total. The van der Waals surface area contributed by atoms with E-state index in [1.54, 1.807) is 30.1 Å². The Kier molecular flexibility index (Phi) is 5.11. The predicted octanol–water partition coefficient (Wildman–Crippen LogP) is 2.98. The minimum Gasteiger partial charge on any atom is -0.395 e. The molecule has 1 aromatic heterocycles. The molecule has 2 aromatic rings. The summed E-state index contributed by atoms with van der Waals surface area (Å²) in [4.78, 5) is 16.7. The highest BCUT2D eigenvalue weighted by atomic mass is 16.1. The van der Waals surface area contributed by atoms with Crippen LogP contribution in [0.25, 0.3) is 11.1 Å². The van der Waals surface area contributed by atoms with Gasteiger partial charge in [-0.05, 0) is 24.5 Å². The molecule has 0 unspecified atom stereocenters. The van der Waals surface area contributed by atoms with E-state index in [9.17, 15) is 4.79 Å². The van der Waals surface area contributed by atoms with Gasteiger partial charge in [0, 0.05) is 37.1 Å². The molecule has 0 aliphatic heterocycles. The number of hydrogen-bond donors (Lipinski definition) is 1. The summed E-state index contributed by atoms with van der Waals surface area (Å²) in [5.74, 6) is -0.171. The van der Waals surface area contributed by atoms with E-state index in [1.807, 2.05) is 39.2 Å². The number of nitrogens with zero attached hydrogens (tertiary/aromatic N) is 3. The standard InChI is InChI=1S/C18H22N4O/c1-5-16(20-3)12(2)17(19)18(23)14-8-6-13(7-9-14)15-10-21-22(4)11-15/h6-11H,5,19H2,1-4H3. The lowest BCUT2D eigenvalue weighted by Gasteiger charge is -2.09. The third-order valence-electron chi connectivity index (χ3n) is 3.87. The fourth-order valence-electron chi connectivity index (χ4n) is 2.46. The van der Waals surface area contributed by atoms with Gasteiger partial charge in [0.15, 0.2) is 0 Å². The van der Waals surface area contributed by atoms with E-state index in [-0.39, 0.29) is 11.5 Å². The molecule has 0 atom stereocenters. The molecule has 0 saturated carbocycles. The molecule has 0 radical (unpaired) electrons. The Hall–Kier alpha value is -2.69. The first kappa shape index (κ1) is 16.7. The van der Waals surface area contributed by atoms with Gasteiger partial charge in [0.1, 0.15) is 0 Å². The molecule has 0 saturated heterocycles. The van der Waals surface area contributed by atoms with Crippen molar-refractivity contribution < 1.29 is 4.79 Å². The van der Waals surface area contributed by atoms with Crippen molar-refractivity contribution in [3.8, 4) is 11.1 Å². The highest BCUT2D eigenvalue weighted by Gasteiger charge is 2.14. The molecule has 120 valence electrons. The molecule has 5 nitrogen and oxygen atoms in total.